The number of aromatic hydroxyl groups is 1. The van der Waals surface area contributed by atoms with Gasteiger partial charge in [-0.3, -0.25) is 0 Å². The Balaban J connectivity index is 2.44. The summed E-state index contributed by atoms with van der Waals surface area (Å²) in [6.07, 6.45) is 0. The number of benzene rings is 1. The van der Waals surface area contributed by atoms with Crippen molar-refractivity contribution in [1.29, 1.82) is 0 Å². The van der Waals surface area contributed by atoms with Crippen LogP contribution in [0.4, 0.5) is 5.82 Å². The van der Waals surface area contributed by atoms with Gasteiger partial charge in [-0.25, -0.2) is 9.97 Å². The van der Waals surface area contributed by atoms with Crippen LogP contribution >= 0.6 is 0 Å². The Kier molecular flexibility index (Phi) is 3.20. The molecule has 4 N–H and O–H groups in total. The largest absolute Gasteiger partial charge is 0.508 e. The third kappa shape index (κ3) is 2.70. The molecule has 88 valence electrons. The molecule has 5 nitrogen and oxygen atoms in total. The highest BCUT2D eigenvalue weighted by Gasteiger charge is 2.05. The number of phenolic OH excluding ortho intramolecular Hbond substituents is 1. The van der Waals surface area contributed by atoms with Gasteiger partial charge in [-0.15, -0.1) is 0 Å². The molecule has 0 saturated heterocycles. The molecule has 1 aromatic heterocycles. The van der Waals surface area contributed by atoms with Gasteiger partial charge in [0.1, 0.15) is 11.6 Å². The molecule has 1 heterocycles. The summed E-state index contributed by atoms with van der Waals surface area (Å²) < 4.78 is 0. The molecule has 0 atom stereocenters. The van der Waals surface area contributed by atoms with Gasteiger partial charge >= 0.3 is 0 Å². The third-order valence-electron chi connectivity index (χ3n) is 2.26. The fraction of sp³-hybridized carbons (Fsp3) is 0.167. The number of nitrogens with one attached hydrogen (secondary N) is 1. The molecule has 2 rings (SSSR count). The van der Waals surface area contributed by atoms with E-state index in [1.54, 1.807) is 24.3 Å². The third-order valence-corrected chi connectivity index (χ3v) is 2.26. The number of hydrogen-bond donors (Lipinski definition) is 3. The summed E-state index contributed by atoms with van der Waals surface area (Å²) in [5.74, 6) is 1.12. The summed E-state index contributed by atoms with van der Waals surface area (Å²) in [5.41, 5.74) is 7.29. The average molecular weight is 230 g/mol. The van der Waals surface area contributed by atoms with Crippen LogP contribution in [0.2, 0.25) is 0 Å². The van der Waals surface area contributed by atoms with Gasteiger partial charge in [0, 0.05) is 18.2 Å². The highest BCUT2D eigenvalue weighted by molar-refractivity contribution is 5.59. The quantitative estimate of drug-likeness (QED) is 0.736. The lowest BCUT2D eigenvalue weighted by Gasteiger charge is -2.05. The average Bonchev–Trinajstić information content (AvgIpc) is 2.28. The number of nitrogens with two attached hydrogens (primary N) is 1. The van der Waals surface area contributed by atoms with E-state index >= 15 is 0 Å². The Morgan fingerprint density at radius 1 is 1.29 bits per heavy atom. The molecule has 0 unspecified atom stereocenters. The van der Waals surface area contributed by atoms with Gasteiger partial charge in [-0.1, -0.05) is 12.1 Å². The zero-order chi connectivity index (χ0) is 12.3. The number of rotatable bonds is 3. The van der Waals surface area contributed by atoms with E-state index in [2.05, 4.69) is 15.3 Å². The molecule has 0 aliphatic heterocycles. The lowest BCUT2D eigenvalue weighted by Crippen LogP contribution is -2.09. The van der Waals surface area contributed by atoms with Crippen LogP contribution in [0, 0.1) is 0 Å². The van der Waals surface area contributed by atoms with Crippen LogP contribution in [-0.2, 0) is 6.54 Å². The topological polar surface area (TPSA) is 84.1 Å². The summed E-state index contributed by atoms with van der Waals surface area (Å²) in [4.78, 5) is 8.53. The maximum Gasteiger partial charge on any atom is 0.161 e. The lowest BCUT2D eigenvalue weighted by molar-refractivity contribution is 0.475. The van der Waals surface area contributed by atoms with Crippen LogP contribution in [0.3, 0.4) is 0 Å². The zero-order valence-electron chi connectivity index (χ0n) is 9.51. The Morgan fingerprint density at radius 2 is 2.12 bits per heavy atom. The standard InChI is InChI=1S/C12H14N4O/c1-14-7-9-6-11(13)16-12(15-9)8-3-2-4-10(17)5-8/h2-6,14,17H,7H2,1H3,(H2,13,15,16). The second-order valence-corrected chi connectivity index (χ2v) is 3.69. The first-order valence-electron chi connectivity index (χ1n) is 5.26. The van der Waals surface area contributed by atoms with Crippen molar-refractivity contribution in [3.05, 3.63) is 36.0 Å². The van der Waals surface area contributed by atoms with Gasteiger partial charge in [0.2, 0.25) is 0 Å². The van der Waals surface area contributed by atoms with Gasteiger partial charge in [0.05, 0.1) is 5.69 Å². The van der Waals surface area contributed by atoms with Crippen molar-refractivity contribution < 1.29 is 5.11 Å². The van der Waals surface area contributed by atoms with Crippen LogP contribution in [0.25, 0.3) is 11.4 Å². The van der Waals surface area contributed by atoms with E-state index in [1.807, 2.05) is 13.1 Å². The van der Waals surface area contributed by atoms with Gasteiger partial charge in [-0.05, 0) is 19.2 Å². The minimum absolute atomic E-state index is 0.184. The Morgan fingerprint density at radius 3 is 2.82 bits per heavy atom. The molecular formula is C12H14N4O. The van der Waals surface area contributed by atoms with Crippen molar-refractivity contribution in [3.63, 3.8) is 0 Å². The Hall–Kier alpha value is -2.14. The van der Waals surface area contributed by atoms with Crippen molar-refractivity contribution in [2.45, 2.75) is 6.54 Å². The van der Waals surface area contributed by atoms with E-state index in [4.69, 9.17) is 5.73 Å². The predicted octanol–water partition coefficient (Wildman–Crippen LogP) is 1.15. The summed E-state index contributed by atoms with van der Waals surface area (Å²) in [6, 6.07) is 8.51. The van der Waals surface area contributed by atoms with Crippen molar-refractivity contribution in [1.82, 2.24) is 15.3 Å². The first-order valence-corrected chi connectivity index (χ1v) is 5.26. The van der Waals surface area contributed by atoms with Gasteiger partial charge in [0.15, 0.2) is 5.82 Å². The van der Waals surface area contributed by atoms with Crippen LogP contribution in [0.5, 0.6) is 5.75 Å². The van der Waals surface area contributed by atoms with Gasteiger partial charge in [0.25, 0.3) is 0 Å². The summed E-state index contributed by atoms with van der Waals surface area (Å²) in [5, 5.41) is 12.4. The Labute approximate surface area is 99.3 Å². The molecule has 0 spiro atoms. The minimum Gasteiger partial charge on any atom is -0.508 e. The van der Waals surface area contributed by atoms with E-state index in [9.17, 15) is 5.11 Å². The maximum atomic E-state index is 9.42. The molecule has 17 heavy (non-hydrogen) atoms. The molecule has 0 saturated carbocycles. The number of nitrogen functional groups attached to an aromatic ring is 1. The summed E-state index contributed by atoms with van der Waals surface area (Å²) in [6.45, 7) is 0.624. The van der Waals surface area contributed by atoms with Crippen molar-refractivity contribution in [2.24, 2.45) is 0 Å². The summed E-state index contributed by atoms with van der Waals surface area (Å²) >= 11 is 0. The monoisotopic (exact) mass is 230 g/mol. The van der Waals surface area contributed by atoms with Crippen LogP contribution in [0.15, 0.2) is 30.3 Å². The number of nitrogens with zero attached hydrogens (tertiary/aromatic N) is 2. The van der Waals surface area contributed by atoms with E-state index < -0.39 is 0 Å². The van der Waals surface area contributed by atoms with E-state index in [-0.39, 0.29) is 5.75 Å². The number of phenols is 1. The van der Waals surface area contributed by atoms with Gasteiger partial charge < -0.3 is 16.2 Å². The smallest absolute Gasteiger partial charge is 0.161 e. The SMILES string of the molecule is CNCc1cc(N)nc(-c2cccc(O)c2)n1. The first kappa shape index (κ1) is 11.3. The molecule has 0 amide bonds. The van der Waals surface area contributed by atoms with Crippen LogP contribution in [-0.4, -0.2) is 22.1 Å². The highest BCUT2D eigenvalue weighted by Crippen LogP contribution is 2.21. The van der Waals surface area contributed by atoms with E-state index in [1.165, 1.54) is 0 Å². The van der Waals surface area contributed by atoms with Crippen molar-refractivity contribution in [3.8, 4) is 17.1 Å². The minimum atomic E-state index is 0.184. The number of hydrogen-bond acceptors (Lipinski definition) is 5. The normalized spacial score (nSPS) is 10.4. The number of aromatic nitrogens is 2. The molecule has 0 radical (unpaired) electrons. The maximum absolute atomic E-state index is 9.42. The molecule has 0 bridgehead atoms. The Bertz CT molecular complexity index is 528. The molecular weight excluding hydrogens is 216 g/mol. The molecule has 0 aliphatic rings. The molecule has 1 aromatic carbocycles. The van der Waals surface area contributed by atoms with Gasteiger partial charge in [-0.2, -0.15) is 0 Å². The number of anilines is 1. The van der Waals surface area contributed by atoms with Crippen LogP contribution in [0.1, 0.15) is 5.69 Å². The van der Waals surface area contributed by atoms with E-state index in [0.29, 0.717) is 18.2 Å². The lowest BCUT2D eigenvalue weighted by atomic mass is 10.2. The summed E-state index contributed by atoms with van der Waals surface area (Å²) in [7, 11) is 1.84. The van der Waals surface area contributed by atoms with E-state index in [0.717, 1.165) is 11.3 Å². The second kappa shape index (κ2) is 4.80. The fourth-order valence-corrected chi connectivity index (χ4v) is 1.56. The zero-order valence-corrected chi connectivity index (χ0v) is 9.51. The predicted molar refractivity (Wildman–Crippen MR) is 66.3 cm³/mol. The van der Waals surface area contributed by atoms with Crippen molar-refractivity contribution >= 4 is 5.82 Å². The first-order chi connectivity index (χ1) is 8.19. The fourth-order valence-electron chi connectivity index (χ4n) is 1.56. The highest BCUT2D eigenvalue weighted by atomic mass is 16.3. The van der Waals surface area contributed by atoms with Crippen LogP contribution < -0.4 is 11.1 Å². The molecule has 2 aromatic rings. The second-order valence-electron chi connectivity index (χ2n) is 3.69. The molecule has 0 fully saturated rings. The van der Waals surface area contributed by atoms with Crippen molar-refractivity contribution in [2.75, 3.05) is 12.8 Å². The molecule has 0 aliphatic carbocycles. The molecule has 5 heteroatoms.